The Labute approximate surface area is 234 Å². The first-order valence-electron chi connectivity index (χ1n) is 14.1. The number of aryl methyl sites for hydroxylation is 1. The first-order chi connectivity index (χ1) is 19.0. The van der Waals surface area contributed by atoms with Gasteiger partial charge in [0.05, 0.1) is 11.8 Å². The number of hydrogen-bond donors (Lipinski definition) is 1. The second-order valence-electron chi connectivity index (χ2n) is 10.8. The van der Waals surface area contributed by atoms with Gasteiger partial charge in [-0.3, -0.25) is 19.2 Å². The Balaban J connectivity index is 1.74. The van der Waals surface area contributed by atoms with Gasteiger partial charge in [-0.25, -0.2) is 9.78 Å². The SMILES string of the molecule is CC[C@H]1C(=O)OC[C@H](NC(=O)c2nccc(C)c2OC(=O)CCC2CCCC2)C(=O)O[C@@H](C)[C@@H]1OC(=O)C(C)C. The van der Waals surface area contributed by atoms with Crippen molar-refractivity contribution in [1.29, 1.82) is 0 Å². The second-order valence-corrected chi connectivity index (χ2v) is 10.8. The van der Waals surface area contributed by atoms with Crippen molar-refractivity contribution in [3.63, 3.8) is 0 Å². The molecule has 1 aromatic heterocycles. The van der Waals surface area contributed by atoms with Crippen LogP contribution in [0.4, 0.5) is 0 Å². The van der Waals surface area contributed by atoms with Gasteiger partial charge in [0, 0.05) is 12.6 Å². The van der Waals surface area contributed by atoms with Gasteiger partial charge in [0.1, 0.15) is 12.7 Å². The summed E-state index contributed by atoms with van der Waals surface area (Å²) in [5, 5.41) is 2.49. The summed E-state index contributed by atoms with van der Waals surface area (Å²) in [6.07, 6.45) is 5.13. The van der Waals surface area contributed by atoms with E-state index in [0.29, 0.717) is 11.5 Å². The van der Waals surface area contributed by atoms with Crippen molar-refractivity contribution in [2.45, 2.75) is 97.8 Å². The fraction of sp³-hybridized carbons (Fsp3) is 0.655. The summed E-state index contributed by atoms with van der Waals surface area (Å²) in [6, 6.07) is 0.238. The molecule has 11 heteroatoms. The number of cyclic esters (lactones) is 2. The lowest BCUT2D eigenvalue weighted by atomic mass is 9.95. The zero-order valence-electron chi connectivity index (χ0n) is 23.9. The molecule has 1 saturated carbocycles. The predicted molar refractivity (Wildman–Crippen MR) is 142 cm³/mol. The van der Waals surface area contributed by atoms with E-state index in [9.17, 15) is 24.0 Å². The van der Waals surface area contributed by atoms with E-state index in [-0.39, 0.29) is 24.3 Å². The molecule has 0 spiro atoms. The number of carbonyl (C=O) groups is 5. The average molecular weight is 561 g/mol. The molecule has 0 unspecified atom stereocenters. The van der Waals surface area contributed by atoms with Crippen molar-refractivity contribution in [3.8, 4) is 5.75 Å². The Morgan fingerprint density at radius 2 is 1.85 bits per heavy atom. The predicted octanol–water partition coefficient (Wildman–Crippen LogP) is 3.45. The molecule has 220 valence electrons. The third kappa shape index (κ3) is 8.02. The summed E-state index contributed by atoms with van der Waals surface area (Å²) in [4.78, 5) is 68.1. The van der Waals surface area contributed by atoms with E-state index >= 15 is 0 Å². The molecule has 40 heavy (non-hydrogen) atoms. The lowest BCUT2D eigenvalue weighted by molar-refractivity contribution is -0.176. The number of pyridine rings is 1. The fourth-order valence-electron chi connectivity index (χ4n) is 4.93. The van der Waals surface area contributed by atoms with Crippen molar-refractivity contribution in [1.82, 2.24) is 10.3 Å². The zero-order chi connectivity index (χ0) is 29.4. The van der Waals surface area contributed by atoms with Crippen molar-refractivity contribution in [3.05, 3.63) is 23.5 Å². The van der Waals surface area contributed by atoms with Crippen LogP contribution in [-0.2, 0) is 33.4 Å². The molecule has 1 amide bonds. The van der Waals surface area contributed by atoms with E-state index in [1.54, 1.807) is 33.8 Å². The minimum Gasteiger partial charge on any atom is -0.463 e. The Bertz CT molecular complexity index is 1100. The number of carbonyl (C=O) groups excluding carboxylic acids is 5. The molecule has 1 aromatic rings. The van der Waals surface area contributed by atoms with Crippen LogP contribution in [0.3, 0.4) is 0 Å². The lowest BCUT2D eigenvalue weighted by Crippen LogP contribution is -2.47. The van der Waals surface area contributed by atoms with Crippen LogP contribution in [0.1, 0.15) is 88.7 Å². The fourth-order valence-corrected chi connectivity index (χ4v) is 4.93. The van der Waals surface area contributed by atoms with Crippen LogP contribution in [0.5, 0.6) is 5.75 Å². The Morgan fingerprint density at radius 3 is 2.50 bits per heavy atom. The van der Waals surface area contributed by atoms with Crippen LogP contribution in [0, 0.1) is 24.7 Å². The smallest absolute Gasteiger partial charge is 0.332 e. The maximum atomic E-state index is 13.2. The molecular weight excluding hydrogens is 520 g/mol. The minimum atomic E-state index is -1.37. The van der Waals surface area contributed by atoms with Crippen molar-refractivity contribution in [2.24, 2.45) is 17.8 Å². The zero-order valence-corrected chi connectivity index (χ0v) is 23.9. The molecule has 0 radical (unpaired) electrons. The number of amides is 1. The molecule has 1 aliphatic carbocycles. The molecule has 11 nitrogen and oxygen atoms in total. The Morgan fingerprint density at radius 1 is 1.15 bits per heavy atom. The van der Waals surface area contributed by atoms with E-state index in [1.807, 2.05) is 0 Å². The molecule has 4 atom stereocenters. The quantitative estimate of drug-likeness (QED) is 0.352. The number of nitrogens with one attached hydrogen (secondary N) is 1. The van der Waals surface area contributed by atoms with Crippen LogP contribution in [0.15, 0.2) is 12.3 Å². The van der Waals surface area contributed by atoms with Crippen molar-refractivity contribution in [2.75, 3.05) is 6.61 Å². The van der Waals surface area contributed by atoms with E-state index in [2.05, 4.69) is 10.3 Å². The summed E-state index contributed by atoms with van der Waals surface area (Å²) in [5.74, 6) is -4.18. The molecule has 3 rings (SSSR count). The number of hydrogen-bond acceptors (Lipinski definition) is 10. The Kier molecular flexibility index (Phi) is 11.0. The highest BCUT2D eigenvalue weighted by molar-refractivity contribution is 5.98. The first-order valence-corrected chi connectivity index (χ1v) is 14.1. The van der Waals surface area contributed by atoms with E-state index in [0.717, 1.165) is 19.3 Å². The van der Waals surface area contributed by atoms with Gasteiger partial charge in [-0.2, -0.15) is 0 Å². The van der Waals surface area contributed by atoms with E-state index < -0.39 is 66.5 Å². The highest BCUT2D eigenvalue weighted by Gasteiger charge is 2.41. The topological polar surface area (TPSA) is 147 Å². The number of aromatic nitrogens is 1. The maximum Gasteiger partial charge on any atom is 0.332 e. The normalized spacial score (nSPS) is 23.9. The van der Waals surface area contributed by atoms with Crippen LogP contribution < -0.4 is 10.1 Å². The lowest BCUT2D eigenvalue weighted by Gasteiger charge is -2.29. The summed E-state index contributed by atoms with van der Waals surface area (Å²) in [5.41, 5.74) is 0.337. The summed E-state index contributed by atoms with van der Waals surface area (Å²) < 4.78 is 22.0. The van der Waals surface area contributed by atoms with E-state index in [4.69, 9.17) is 18.9 Å². The average Bonchev–Trinajstić information content (AvgIpc) is 3.44. The van der Waals surface area contributed by atoms with Crippen molar-refractivity contribution < 1.29 is 42.9 Å². The molecule has 1 aliphatic heterocycles. The molecule has 2 heterocycles. The summed E-state index contributed by atoms with van der Waals surface area (Å²) >= 11 is 0. The van der Waals surface area contributed by atoms with Crippen molar-refractivity contribution >= 4 is 29.8 Å². The molecule has 1 saturated heterocycles. The van der Waals surface area contributed by atoms with Gasteiger partial charge in [0.2, 0.25) is 0 Å². The number of esters is 4. The van der Waals surface area contributed by atoms with Gasteiger partial charge in [-0.15, -0.1) is 0 Å². The van der Waals surface area contributed by atoms with Gasteiger partial charge in [0.25, 0.3) is 5.91 Å². The van der Waals surface area contributed by atoms with Crippen LogP contribution in [0.25, 0.3) is 0 Å². The van der Waals surface area contributed by atoms with Gasteiger partial charge in [-0.05, 0) is 44.2 Å². The van der Waals surface area contributed by atoms with Gasteiger partial charge in [-0.1, -0.05) is 46.5 Å². The molecule has 0 bridgehead atoms. The first kappa shape index (κ1) is 31.0. The van der Waals surface area contributed by atoms with Crippen LogP contribution >= 0.6 is 0 Å². The molecule has 2 aliphatic rings. The van der Waals surface area contributed by atoms with Crippen LogP contribution in [-0.4, -0.2) is 59.6 Å². The molecule has 0 aromatic carbocycles. The van der Waals surface area contributed by atoms with Crippen LogP contribution in [0.2, 0.25) is 0 Å². The van der Waals surface area contributed by atoms with E-state index in [1.165, 1.54) is 26.0 Å². The molecular formula is C29H40N2O9. The summed E-state index contributed by atoms with van der Waals surface area (Å²) in [6.45, 7) is 7.73. The van der Waals surface area contributed by atoms with Gasteiger partial charge >= 0.3 is 23.9 Å². The maximum absolute atomic E-state index is 13.2. The standard InChI is InChI=1S/C29H40N2O9/c1-6-20-25(40-27(34)16(2)3)18(5)38-29(36)21(15-37-28(20)35)31-26(33)23-24(17(4)13-14-30-23)39-22(32)12-11-19-9-7-8-10-19/h13-14,16,18-21,25H,6-12,15H2,1-5H3,(H,31,33)/t18-,20+,21-,25-/m0/s1. The second kappa shape index (κ2) is 14.2. The number of rotatable bonds is 9. The largest absolute Gasteiger partial charge is 0.463 e. The van der Waals surface area contributed by atoms with Gasteiger partial charge in [0.15, 0.2) is 23.6 Å². The molecule has 2 fully saturated rings. The van der Waals surface area contributed by atoms with Gasteiger partial charge < -0.3 is 24.3 Å². The summed E-state index contributed by atoms with van der Waals surface area (Å²) in [7, 11) is 0. The number of nitrogens with zero attached hydrogens (tertiary/aromatic N) is 1. The third-order valence-corrected chi connectivity index (χ3v) is 7.37. The molecule has 1 N–H and O–H groups in total. The monoisotopic (exact) mass is 560 g/mol. The minimum absolute atomic E-state index is 0.00456. The highest BCUT2D eigenvalue weighted by atomic mass is 16.6. The number of ether oxygens (including phenoxy) is 4. The highest BCUT2D eigenvalue weighted by Crippen LogP contribution is 2.29. The Hall–Kier alpha value is -3.50. The third-order valence-electron chi connectivity index (χ3n) is 7.37.